The van der Waals surface area contributed by atoms with Crippen LogP contribution in [-0.2, 0) is 6.67 Å². The third-order valence-corrected chi connectivity index (χ3v) is 4.64. The van der Waals surface area contributed by atoms with E-state index in [-0.39, 0.29) is 6.61 Å². The molecule has 0 amide bonds. The van der Waals surface area contributed by atoms with E-state index in [2.05, 4.69) is 25.4 Å². The molecule has 4 aromatic heterocycles. The van der Waals surface area contributed by atoms with E-state index in [0.29, 0.717) is 34.5 Å². The maximum absolute atomic E-state index is 13.3. The van der Waals surface area contributed by atoms with Crippen molar-refractivity contribution >= 4 is 17.2 Å². The van der Waals surface area contributed by atoms with E-state index in [4.69, 9.17) is 4.74 Å². The van der Waals surface area contributed by atoms with Crippen LogP contribution in [0.15, 0.2) is 42.7 Å². The highest BCUT2D eigenvalue weighted by Crippen LogP contribution is 2.32. The number of hydrogen-bond donors (Lipinski definition) is 2. The number of hydrogen-bond acceptors (Lipinski definition) is 7. The predicted octanol–water partition coefficient (Wildman–Crippen LogP) is 4.17. The summed E-state index contributed by atoms with van der Waals surface area (Å²) in [5.41, 5.74) is 2.51. The minimum atomic E-state index is -1.01. The van der Waals surface area contributed by atoms with Gasteiger partial charge in [0.05, 0.1) is 23.0 Å². The summed E-state index contributed by atoms with van der Waals surface area (Å²) in [5.74, 6) is 2.46. The van der Waals surface area contributed by atoms with E-state index in [9.17, 15) is 9.50 Å². The number of ether oxygens (including phenoxy) is 1. The molecule has 0 aliphatic heterocycles. The summed E-state index contributed by atoms with van der Waals surface area (Å²) in [7, 11) is 0. The molecule has 0 spiro atoms. The van der Waals surface area contributed by atoms with Gasteiger partial charge in [-0.3, -0.25) is 4.98 Å². The molecule has 0 fully saturated rings. The minimum Gasteiger partial charge on any atom is -0.488 e. The third kappa shape index (κ3) is 5.00. The number of alkyl halides is 1. The summed E-state index contributed by atoms with van der Waals surface area (Å²) < 4.78 is 20.8. The van der Waals surface area contributed by atoms with E-state index < -0.39 is 12.3 Å². The van der Waals surface area contributed by atoms with Crippen LogP contribution in [0.5, 0.6) is 5.75 Å². The smallest absolute Gasteiger partial charge is 0.154 e. The molecule has 0 aliphatic rings. The zero-order valence-electron chi connectivity index (χ0n) is 18.4. The van der Waals surface area contributed by atoms with Crippen LogP contribution in [0.4, 0.5) is 16.0 Å². The van der Waals surface area contributed by atoms with Gasteiger partial charge in [0.2, 0.25) is 0 Å². The lowest BCUT2D eigenvalue weighted by molar-refractivity contribution is 0.0285. The Morgan fingerprint density at radius 1 is 1.12 bits per heavy atom. The van der Waals surface area contributed by atoms with Gasteiger partial charge in [-0.2, -0.15) is 5.10 Å². The fourth-order valence-electron chi connectivity index (χ4n) is 3.29. The molecule has 0 saturated heterocycles. The van der Waals surface area contributed by atoms with Gasteiger partial charge in [0.1, 0.15) is 30.7 Å². The molecule has 0 bridgehead atoms. The van der Waals surface area contributed by atoms with Crippen LogP contribution < -0.4 is 10.1 Å². The molecule has 4 rings (SSSR count). The Bertz CT molecular complexity index is 1250. The van der Waals surface area contributed by atoms with Crippen molar-refractivity contribution in [2.75, 3.05) is 11.9 Å². The molecule has 32 heavy (non-hydrogen) atoms. The normalized spacial score (nSPS) is 11.7. The second kappa shape index (κ2) is 8.51. The van der Waals surface area contributed by atoms with Crippen LogP contribution >= 0.6 is 0 Å². The number of anilines is 2. The summed E-state index contributed by atoms with van der Waals surface area (Å²) in [5, 5.41) is 17.7. The van der Waals surface area contributed by atoms with E-state index >= 15 is 0 Å². The SMILES string of the molecule is Cc1cc(Nc2cc3cc(-c4cc(CF)ncc4OCC(C)(C)O)ccn3n2)nc(C)n1. The van der Waals surface area contributed by atoms with Crippen LogP contribution in [0.1, 0.15) is 31.1 Å². The molecule has 0 saturated carbocycles. The molecule has 4 heterocycles. The van der Waals surface area contributed by atoms with Crippen LogP contribution in [0, 0.1) is 13.8 Å². The topological polar surface area (TPSA) is 97.5 Å². The van der Waals surface area contributed by atoms with E-state index in [1.165, 1.54) is 6.20 Å². The second-order valence-corrected chi connectivity index (χ2v) is 8.29. The number of aliphatic hydroxyl groups is 1. The molecular weight excluding hydrogens is 411 g/mol. The van der Waals surface area contributed by atoms with Crippen molar-refractivity contribution in [1.82, 2.24) is 24.6 Å². The third-order valence-electron chi connectivity index (χ3n) is 4.64. The number of fused-ring (bicyclic) bond motifs is 1. The monoisotopic (exact) mass is 436 g/mol. The first kappa shape index (κ1) is 21.6. The van der Waals surface area contributed by atoms with Crippen molar-refractivity contribution in [3.8, 4) is 16.9 Å². The highest BCUT2D eigenvalue weighted by molar-refractivity contribution is 5.75. The van der Waals surface area contributed by atoms with Crippen molar-refractivity contribution in [1.29, 1.82) is 0 Å². The highest BCUT2D eigenvalue weighted by atomic mass is 19.1. The van der Waals surface area contributed by atoms with Gasteiger partial charge in [-0.15, -0.1) is 0 Å². The number of rotatable bonds is 7. The average molecular weight is 436 g/mol. The van der Waals surface area contributed by atoms with E-state index in [0.717, 1.165) is 16.8 Å². The van der Waals surface area contributed by atoms with E-state index in [1.807, 2.05) is 44.3 Å². The fraction of sp³-hybridized carbons (Fsp3) is 0.304. The largest absolute Gasteiger partial charge is 0.488 e. The summed E-state index contributed by atoms with van der Waals surface area (Å²) in [4.78, 5) is 12.8. The number of nitrogens with one attached hydrogen (secondary N) is 1. The van der Waals surface area contributed by atoms with Gasteiger partial charge in [0.25, 0.3) is 0 Å². The molecule has 0 unspecified atom stereocenters. The maximum atomic E-state index is 13.3. The Morgan fingerprint density at radius 2 is 1.94 bits per heavy atom. The fourth-order valence-corrected chi connectivity index (χ4v) is 3.29. The van der Waals surface area contributed by atoms with Gasteiger partial charge in [-0.05, 0) is 51.5 Å². The number of nitrogens with zero attached hydrogens (tertiary/aromatic N) is 5. The Balaban J connectivity index is 1.68. The summed E-state index contributed by atoms with van der Waals surface area (Å²) in [6.45, 7) is 6.46. The Labute approximate surface area is 185 Å². The van der Waals surface area contributed by atoms with Crippen molar-refractivity contribution in [3.05, 3.63) is 59.9 Å². The van der Waals surface area contributed by atoms with Crippen LogP contribution in [0.2, 0.25) is 0 Å². The molecule has 2 N–H and O–H groups in total. The summed E-state index contributed by atoms with van der Waals surface area (Å²) in [6, 6.07) is 9.21. The Kier molecular flexibility index (Phi) is 5.75. The molecule has 8 nitrogen and oxygen atoms in total. The maximum Gasteiger partial charge on any atom is 0.154 e. The lowest BCUT2D eigenvalue weighted by atomic mass is 10.1. The van der Waals surface area contributed by atoms with Crippen molar-refractivity contribution in [3.63, 3.8) is 0 Å². The van der Waals surface area contributed by atoms with Crippen molar-refractivity contribution in [2.45, 2.75) is 40.0 Å². The van der Waals surface area contributed by atoms with Crippen LogP contribution in [0.25, 0.3) is 16.6 Å². The highest BCUT2D eigenvalue weighted by Gasteiger charge is 2.17. The molecule has 0 aliphatic carbocycles. The molecule has 0 radical (unpaired) electrons. The zero-order chi connectivity index (χ0) is 22.9. The summed E-state index contributed by atoms with van der Waals surface area (Å²) in [6.07, 6.45) is 3.31. The van der Waals surface area contributed by atoms with Gasteiger partial charge in [0, 0.05) is 29.6 Å². The number of halogens is 1. The van der Waals surface area contributed by atoms with Crippen molar-refractivity contribution < 1.29 is 14.2 Å². The standard InChI is InChI=1S/C23H25FN6O2/c1-14-7-21(27-15(2)26-14)28-22-10-18-8-16(5-6-30(18)29-22)19-9-17(11-24)25-12-20(19)32-13-23(3,4)31/h5-10,12,31H,11,13H2,1-4H3,(H,26,27,28,29). The quantitative estimate of drug-likeness (QED) is 0.449. The predicted molar refractivity (Wildman–Crippen MR) is 120 cm³/mol. The summed E-state index contributed by atoms with van der Waals surface area (Å²) >= 11 is 0. The van der Waals surface area contributed by atoms with Crippen LogP contribution in [0.3, 0.4) is 0 Å². The average Bonchev–Trinajstić information content (AvgIpc) is 3.12. The molecule has 4 aromatic rings. The zero-order valence-corrected chi connectivity index (χ0v) is 18.4. The Morgan fingerprint density at radius 3 is 2.66 bits per heavy atom. The number of pyridine rings is 2. The van der Waals surface area contributed by atoms with Crippen molar-refractivity contribution in [2.24, 2.45) is 0 Å². The van der Waals surface area contributed by atoms with Crippen LogP contribution in [-0.4, -0.2) is 41.9 Å². The first-order valence-corrected chi connectivity index (χ1v) is 10.2. The second-order valence-electron chi connectivity index (χ2n) is 8.29. The minimum absolute atomic E-state index is 0.0808. The first-order chi connectivity index (χ1) is 15.2. The van der Waals surface area contributed by atoms with Gasteiger partial charge in [-0.1, -0.05) is 0 Å². The first-order valence-electron chi connectivity index (χ1n) is 10.2. The number of aryl methyl sites for hydroxylation is 2. The van der Waals surface area contributed by atoms with Gasteiger partial charge in [0.15, 0.2) is 5.82 Å². The van der Waals surface area contributed by atoms with Gasteiger partial charge < -0.3 is 15.2 Å². The molecule has 166 valence electrons. The molecular formula is C23H25FN6O2. The van der Waals surface area contributed by atoms with Gasteiger partial charge in [-0.25, -0.2) is 18.9 Å². The molecule has 9 heteroatoms. The molecule has 0 atom stereocenters. The van der Waals surface area contributed by atoms with E-state index in [1.54, 1.807) is 24.4 Å². The molecule has 0 aromatic carbocycles. The lowest BCUT2D eigenvalue weighted by Gasteiger charge is -2.19. The number of aromatic nitrogens is 5. The van der Waals surface area contributed by atoms with Gasteiger partial charge >= 0.3 is 0 Å². The lowest BCUT2D eigenvalue weighted by Crippen LogP contribution is -2.28. The Hall–Kier alpha value is -3.59.